The van der Waals surface area contributed by atoms with E-state index in [4.69, 9.17) is 9.47 Å². The minimum absolute atomic E-state index is 0.0487. The summed E-state index contributed by atoms with van der Waals surface area (Å²) in [7, 11) is 2.57. The van der Waals surface area contributed by atoms with Gasteiger partial charge in [-0.3, -0.25) is 14.9 Å². The number of amides is 1. The number of methoxy groups -OCH3 is 2. The molecule has 0 aromatic heterocycles. The number of hydrogen-bond donors (Lipinski definition) is 1. The van der Waals surface area contributed by atoms with Gasteiger partial charge in [-0.2, -0.15) is 0 Å². The molecule has 0 aliphatic heterocycles. The van der Waals surface area contributed by atoms with E-state index in [1.807, 2.05) is 0 Å². The number of nitro benzene ring substituents is 1. The molecule has 1 N–H and O–H groups in total. The first kappa shape index (κ1) is 16.7. The zero-order valence-electron chi connectivity index (χ0n) is 12.9. The molecule has 1 atom stereocenters. The van der Waals surface area contributed by atoms with E-state index in [-0.39, 0.29) is 29.7 Å². The maximum Gasteiger partial charge on any atom is 0.328 e. The van der Waals surface area contributed by atoms with Crippen molar-refractivity contribution in [3.63, 3.8) is 0 Å². The molecule has 23 heavy (non-hydrogen) atoms. The molecule has 0 saturated heterocycles. The first-order chi connectivity index (χ1) is 11.0. The minimum Gasteiger partial charge on any atom is -0.490 e. The lowest BCUT2D eigenvalue weighted by molar-refractivity contribution is -0.385. The first-order valence-electron chi connectivity index (χ1n) is 7.15. The van der Waals surface area contributed by atoms with Crippen LogP contribution in [-0.2, 0) is 20.7 Å². The number of nitro groups is 1. The zero-order chi connectivity index (χ0) is 17.0. The van der Waals surface area contributed by atoms with Gasteiger partial charge in [-0.05, 0) is 24.5 Å². The first-order valence-corrected chi connectivity index (χ1v) is 7.15. The molecule has 1 saturated carbocycles. The molecule has 8 nitrogen and oxygen atoms in total. The summed E-state index contributed by atoms with van der Waals surface area (Å²) in [5, 5.41) is 13.7. The number of ether oxygens (including phenoxy) is 2. The summed E-state index contributed by atoms with van der Waals surface area (Å²) in [6.45, 7) is 0. The predicted octanol–water partition coefficient (Wildman–Crippen LogP) is 1.21. The van der Waals surface area contributed by atoms with Gasteiger partial charge in [0.1, 0.15) is 6.04 Å². The van der Waals surface area contributed by atoms with Gasteiger partial charge in [-0.15, -0.1) is 0 Å². The number of esters is 1. The Balaban J connectivity index is 2.17. The van der Waals surface area contributed by atoms with E-state index in [0.29, 0.717) is 5.56 Å². The lowest BCUT2D eigenvalue weighted by atomic mass is 10.0. The summed E-state index contributed by atoms with van der Waals surface area (Å²) in [4.78, 5) is 34.2. The van der Waals surface area contributed by atoms with Crippen LogP contribution in [0, 0.1) is 16.0 Å². The maximum atomic E-state index is 11.9. The van der Waals surface area contributed by atoms with Crippen LogP contribution in [0.15, 0.2) is 18.2 Å². The van der Waals surface area contributed by atoms with Gasteiger partial charge in [0.05, 0.1) is 19.1 Å². The molecule has 1 fully saturated rings. The van der Waals surface area contributed by atoms with Crippen LogP contribution in [0.1, 0.15) is 18.4 Å². The van der Waals surface area contributed by atoms with Gasteiger partial charge in [0.15, 0.2) is 5.75 Å². The molecule has 124 valence electrons. The van der Waals surface area contributed by atoms with Crippen molar-refractivity contribution < 1.29 is 24.0 Å². The summed E-state index contributed by atoms with van der Waals surface area (Å²) >= 11 is 0. The van der Waals surface area contributed by atoms with Crippen LogP contribution in [0.3, 0.4) is 0 Å². The fraction of sp³-hybridized carbons (Fsp3) is 0.467. The Labute approximate surface area is 132 Å². The molecule has 0 heterocycles. The second-order valence-corrected chi connectivity index (χ2v) is 5.33. The van der Waals surface area contributed by atoms with Gasteiger partial charge in [-0.25, -0.2) is 4.79 Å². The Morgan fingerprint density at radius 2 is 2.09 bits per heavy atom. The summed E-state index contributed by atoms with van der Waals surface area (Å²) < 4.78 is 9.63. The van der Waals surface area contributed by atoms with Crippen molar-refractivity contribution in [2.75, 3.05) is 14.2 Å². The van der Waals surface area contributed by atoms with E-state index in [9.17, 15) is 19.7 Å². The van der Waals surface area contributed by atoms with Crippen molar-refractivity contribution in [2.24, 2.45) is 5.92 Å². The molecular formula is C15H18N2O6. The van der Waals surface area contributed by atoms with E-state index in [1.54, 1.807) is 6.07 Å². The van der Waals surface area contributed by atoms with Crippen LogP contribution in [0.5, 0.6) is 5.75 Å². The molecule has 1 amide bonds. The van der Waals surface area contributed by atoms with E-state index < -0.39 is 16.9 Å². The van der Waals surface area contributed by atoms with Crippen LogP contribution in [-0.4, -0.2) is 37.1 Å². The molecule has 8 heteroatoms. The smallest absolute Gasteiger partial charge is 0.328 e. The standard InChI is InChI=1S/C15H18N2O6/c1-22-13-6-3-9(8-12(13)17(20)21)7-11(15(19)23-2)16-14(18)10-4-5-10/h3,6,8,10-11H,4-5,7H2,1-2H3,(H,16,18)/t11-/m0/s1. The highest BCUT2D eigenvalue weighted by molar-refractivity contribution is 5.87. The van der Waals surface area contributed by atoms with E-state index in [1.165, 1.54) is 26.4 Å². The highest BCUT2D eigenvalue weighted by Crippen LogP contribution is 2.30. The number of benzene rings is 1. The Bertz CT molecular complexity index is 626. The number of carbonyl (C=O) groups excluding carboxylic acids is 2. The lowest BCUT2D eigenvalue weighted by Gasteiger charge is -2.16. The highest BCUT2D eigenvalue weighted by atomic mass is 16.6. The molecule has 1 aliphatic carbocycles. The quantitative estimate of drug-likeness (QED) is 0.459. The number of carbonyl (C=O) groups is 2. The third kappa shape index (κ3) is 4.18. The number of hydrogen-bond acceptors (Lipinski definition) is 6. The van der Waals surface area contributed by atoms with Crippen LogP contribution in [0.25, 0.3) is 0 Å². The van der Waals surface area contributed by atoms with Gasteiger partial charge in [0.2, 0.25) is 5.91 Å². The Kier molecular flexibility index (Phi) is 5.15. The van der Waals surface area contributed by atoms with Crippen LogP contribution in [0.4, 0.5) is 5.69 Å². The van der Waals surface area contributed by atoms with Crippen molar-refractivity contribution in [3.8, 4) is 5.75 Å². The van der Waals surface area contributed by atoms with Crippen molar-refractivity contribution in [1.82, 2.24) is 5.32 Å². The Morgan fingerprint density at radius 1 is 1.39 bits per heavy atom. The lowest BCUT2D eigenvalue weighted by Crippen LogP contribution is -2.43. The zero-order valence-corrected chi connectivity index (χ0v) is 12.9. The second-order valence-electron chi connectivity index (χ2n) is 5.33. The maximum absolute atomic E-state index is 11.9. The molecule has 0 bridgehead atoms. The predicted molar refractivity (Wildman–Crippen MR) is 80.0 cm³/mol. The third-order valence-electron chi connectivity index (χ3n) is 3.63. The molecule has 0 radical (unpaired) electrons. The number of nitrogens with one attached hydrogen (secondary N) is 1. The Morgan fingerprint density at radius 3 is 2.61 bits per heavy atom. The number of rotatable bonds is 7. The second kappa shape index (κ2) is 7.08. The third-order valence-corrected chi connectivity index (χ3v) is 3.63. The van der Waals surface area contributed by atoms with Crippen molar-refractivity contribution >= 4 is 17.6 Å². The van der Waals surface area contributed by atoms with Gasteiger partial charge in [-0.1, -0.05) is 6.07 Å². The fourth-order valence-electron chi connectivity index (χ4n) is 2.21. The SMILES string of the molecule is COC(=O)[C@H](Cc1ccc(OC)c([N+](=O)[O-])c1)NC(=O)C1CC1. The molecule has 1 aromatic carbocycles. The van der Waals surface area contributed by atoms with Crippen molar-refractivity contribution in [1.29, 1.82) is 0 Å². The molecule has 2 rings (SSSR count). The Hall–Kier alpha value is -2.64. The number of nitrogens with zero attached hydrogens (tertiary/aromatic N) is 1. The largest absolute Gasteiger partial charge is 0.490 e. The van der Waals surface area contributed by atoms with Crippen molar-refractivity contribution in [2.45, 2.75) is 25.3 Å². The van der Waals surface area contributed by atoms with Crippen LogP contribution < -0.4 is 10.1 Å². The molecule has 0 unspecified atom stereocenters. The average Bonchev–Trinajstić information content (AvgIpc) is 3.38. The van der Waals surface area contributed by atoms with E-state index >= 15 is 0 Å². The molecule has 0 spiro atoms. The molecular weight excluding hydrogens is 304 g/mol. The topological polar surface area (TPSA) is 108 Å². The van der Waals surface area contributed by atoms with E-state index in [0.717, 1.165) is 12.8 Å². The average molecular weight is 322 g/mol. The minimum atomic E-state index is -0.874. The summed E-state index contributed by atoms with van der Waals surface area (Å²) in [6, 6.07) is 3.54. The normalized spacial score (nSPS) is 14.7. The van der Waals surface area contributed by atoms with Gasteiger partial charge < -0.3 is 14.8 Å². The highest BCUT2D eigenvalue weighted by Gasteiger charge is 2.33. The van der Waals surface area contributed by atoms with Gasteiger partial charge in [0.25, 0.3) is 0 Å². The fourth-order valence-corrected chi connectivity index (χ4v) is 2.21. The summed E-state index contributed by atoms with van der Waals surface area (Å²) in [5.74, 6) is -0.691. The van der Waals surface area contributed by atoms with Crippen LogP contribution >= 0.6 is 0 Å². The van der Waals surface area contributed by atoms with E-state index in [2.05, 4.69) is 5.32 Å². The van der Waals surface area contributed by atoms with Crippen LogP contribution in [0.2, 0.25) is 0 Å². The van der Waals surface area contributed by atoms with Gasteiger partial charge in [0, 0.05) is 18.4 Å². The summed E-state index contributed by atoms with van der Waals surface area (Å²) in [6.07, 6.45) is 1.73. The molecule has 1 aliphatic rings. The summed E-state index contributed by atoms with van der Waals surface area (Å²) in [5.41, 5.74) is 0.339. The monoisotopic (exact) mass is 322 g/mol. The molecule has 1 aromatic rings. The van der Waals surface area contributed by atoms with Gasteiger partial charge >= 0.3 is 11.7 Å². The van der Waals surface area contributed by atoms with Crippen molar-refractivity contribution in [3.05, 3.63) is 33.9 Å².